The highest BCUT2D eigenvalue weighted by Crippen LogP contribution is 2.32. The van der Waals surface area contributed by atoms with Gasteiger partial charge >= 0.3 is 0 Å². The van der Waals surface area contributed by atoms with Gasteiger partial charge in [-0.25, -0.2) is 0 Å². The monoisotopic (exact) mass is 210 g/mol. The van der Waals surface area contributed by atoms with Gasteiger partial charge in [0.25, 0.3) is 0 Å². The second-order valence-corrected chi connectivity index (χ2v) is 4.22. The summed E-state index contributed by atoms with van der Waals surface area (Å²) in [7, 11) is 0. The van der Waals surface area contributed by atoms with E-state index in [-0.39, 0.29) is 18.8 Å². The molecule has 1 rings (SSSR count). The molecular formula is C11H14O4-2. The fourth-order valence-electron chi connectivity index (χ4n) is 1.90. The fourth-order valence-corrected chi connectivity index (χ4v) is 1.90. The first-order valence-electron chi connectivity index (χ1n) is 5.04. The standard InChI is InChI=1S/C11H16O4/c1-6(2)7-3-4-8(10(12)13)9(5-7)11(14)15/h3,6,8-9H,4-5H2,1-2H3,(H,12,13)(H,14,15)/p-2/t8-,9-/m1/s1. The van der Waals surface area contributed by atoms with E-state index in [2.05, 4.69) is 0 Å². The maximum Gasteiger partial charge on any atom is 0.0455 e. The van der Waals surface area contributed by atoms with Crippen molar-refractivity contribution in [3.63, 3.8) is 0 Å². The van der Waals surface area contributed by atoms with E-state index in [0.717, 1.165) is 5.57 Å². The molecule has 4 heteroatoms. The topological polar surface area (TPSA) is 80.3 Å². The molecular weight excluding hydrogens is 196 g/mol. The molecule has 84 valence electrons. The highest BCUT2D eigenvalue weighted by Gasteiger charge is 2.28. The van der Waals surface area contributed by atoms with Crippen molar-refractivity contribution in [2.75, 3.05) is 0 Å². The lowest BCUT2D eigenvalue weighted by Gasteiger charge is -2.33. The van der Waals surface area contributed by atoms with Gasteiger partial charge < -0.3 is 19.8 Å². The van der Waals surface area contributed by atoms with E-state index in [4.69, 9.17) is 0 Å². The van der Waals surface area contributed by atoms with Crippen molar-refractivity contribution in [2.45, 2.75) is 26.7 Å². The van der Waals surface area contributed by atoms with Crippen LogP contribution >= 0.6 is 0 Å². The van der Waals surface area contributed by atoms with Gasteiger partial charge in [-0.15, -0.1) is 0 Å². The van der Waals surface area contributed by atoms with Crippen molar-refractivity contribution < 1.29 is 19.8 Å². The van der Waals surface area contributed by atoms with Crippen LogP contribution in [0.25, 0.3) is 0 Å². The Bertz CT molecular complexity index is 304. The van der Waals surface area contributed by atoms with Crippen LogP contribution in [0.5, 0.6) is 0 Å². The van der Waals surface area contributed by atoms with Crippen LogP contribution in [-0.2, 0) is 9.59 Å². The fraction of sp³-hybridized carbons (Fsp3) is 0.636. The molecule has 0 bridgehead atoms. The van der Waals surface area contributed by atoms with Crippen molar-refractivity contribution in [3.05, 3.63) is 11.6 Å². The molecule has 0 heterocycles. The van der Waals surface area contributed by atoms with Crippen LogP contribution in [-0.4, -0.2) is 11.9 Å². The normalized spacial score (nSPS) is 26.2. The number of carbonyl (C=O) groups is 2. The van der Waals surface area contributed by atoms with E-state index in [0.29, 0.717) is 0 Å². The Kier molecular flexibility index (Phi) is 3.50. The number of carbonyl (C=O) groups excluding carboxylic acids is 2. The van der Waals surface area contributed by atoms with Gasteiger partial charge in [-0.05, 0) is 18.8 Å². The van der Waals surface area contributed by atoms with Gasteiger partial charge in [0.15, 0.2) is 0 Å². The first-order valence-corrected chi connectivity index (χ1v) is 5.04. The van der Waals surface area contributed by atoms with Crippen LogP contribution in [0.1, 0.15) is 26.7 Å². The van der Waals surface area contributed by atoms with Crippen LogP contribution < -0.4 is 10.2 Å². The van der Waals surface area contributed by atoms with E-state index in [1.165, 1.54) is 0 Å². The molecule has 0 aromatic carbocycles. The lowest BCUT2D eigenvalue weighted by Crippen LogP contribution is -2.45. The van der Waals surface area contributed by atoms with Crippen LogP contribution in [0, 0.1) is 17.8 Å². The molecule has 2 atom stereocenters. The van der Waals surface area contributed by atoms with E-state index < -0.39 is 23.8 Å². The Morgan fingerprint density at radius 3 is 2.20 bits per heavy atom. The SMILES string of the molecule is CC(C)C1=CC[C@@H](C(=O)[O-])[C@H](C(=O)[O-])C1. The maximum atomic E-state index is 10.8. The van der Waals surface area contributed by atoms with Gasteiger partial charge in [-0.3, -0.25) is 0 Å². The van der Waals surface area contributed by atoms with Crippen molar-refractivity contribution >= 4 is 11.9 Å². The third kappa shape index (κ3) is 2.58. The summed E-state index contributed by atoms with van der Waals surface area (Å²) in [6.45, 7) is 3.91. The number of carboxylic acids is 2. The molecule has 0 amide bonds. The van der Waals surface area contributed by atoms with Crippen molar-refractivity contribution in [1.29, 1.82) is 0 Å². The molecule has 4 nitrogen and oxygen atoms in total. The lowest BCUT2D eigenvalue weighted by atomic mass is 9.77. The largest absolute Gasteiger partial charge is 0.550 e. The van der Waals surface area contributed by atoms with Gasteiger partial charge in [-0.2, -0.15) is 0 Å². The van der Waals surface area contributed by atoms with Crippen molar-refractivity contribution in [2.24, 2.45) is 17.8 Å². The van der Waals surface area contributed by atoms with Gasteiger partial charge in [0.1, 0.15) is 0 Å². The minimum absolute atomic E-state index is 0.231. The molecule has 0 aliphatic heterocycles. The van der Waals surface area contributed by atoms with Crippen molar-refractivity contribution in [3.8, 4) is 0 Å². The lowest BCUT2D eigenvalue weighted by molar-refractivity contribution is -0.327. The van der Waals surface area contributed by atoms with E-state index >= 15 is 0 Å². The molecule has 0 aromatic heterocycles. The highest BCUT2D eigenvalue weighted by molar-refractivity contribution is 5.78. The first kappa shape index (κ1) is 11.8. The summed E-state index contributed by atoms with van der Waals surface area (Å²) < 4.78 is 0. The number of aliphatic carboxylic acids is 2. The molecule has 0 spiro atoms. The molecule has 0 aromatic rings. The zero-order chi connectivity index (χ0) is 11.6. The van der Waals surface area contributed by atoms with Crippen LogP contribution in [0.4, 0.5) is 0 Å². The van der Waals surface area contributed by atoms with Gasteiger partial charge in [0, 0.05) is 23.8 Å². The zero-order valence-electron chi connectivity index (χ0n) is 8.86. The number of carboxylic acid groups (broad SMARTS) is 2. The highest BCUT2D eigenvalue weighted by atomic mass is 16.4. The Morgan fingerprint density at radius 1 is 1.27 bits per heavy atom. The first-order chi connectivity index (χ1) is 6.93. The minimum atomic E-state index is -1.30. The molecule has 0 saturated heterocycles. The maximum absolute atomic E-state index is 10.8. The summed E-state index contributed by atoms with van der Waals surface area (Å²) in [5, 5.41) is 21.5. The second-order valence-electron chi connectivity index (χ2n) is 4.22. The number of hydrogen-bond donors (Lipinski definition) is 0. The molecule has 0 N–H and O–H groups in total. The smallest absolute Gasteiger partial charge is 0.0455 e. The summed E-state index contributed by atoms with van der Waals surface area (Å²) in [5.41, 5.74) is 0.988. The number of hydrogen-bond acceptors (Lipinski definition) is 4. The average Bonchev–Trinajstić information content (AvgIpc) is 2.16. The van der Waals surface area contributed by atoms with Gasteiger partial charge in [-0.1, -0.05) is 25.5 Å². The quantitative estimate of drug-likeness (QED) is 0.565. The van der Waals surface area contributed by atoms with Gasteiger partial charge in [0.2, 0.25) is 0 Å². The summed E-state index contributed by atoms with van der Waals surface area (Å²) in [6.07, 6.45) is 2.30. The van der Waals surface area contributed by atoms with E-state index in [1.807, 2.05) is 19.9 Å². The zero-order valence-corrected chi connectivity index (χ0v) is 8.86. The third-order valence-electron chi connectivity index (χ3n) is 2.92. The molecule has 1 aliphatic rings. The molecule has 0 fully saturated rings. The molecule has 0 saturated carbocycles. The predicted octanol–water partition coefficient (Wildman–Crippen LogP) is -0.905. The number of rotatable bonds is 3. The molecule has 15 heavy (non-hydrogen) atoms. The second kappa shape index (κ2) is 4.47. The molecule has 1 aliphatic carbocycles. The Hall–Kier alpha value is -1.32. The third-order valence-corrected chi connectivity index (χ3v) is 2.92. The summed E-state index contributed by atoms with van der Waals surface area (Å²) in [5.74, 6) is -4.25. The number of allylic oxidation sites excluding steroid dienone is 2. The summed E-state index contributed by atoms with van der Waals surface area (Å²) in [4.78, 5) is 21.5. The van der Waals surface area contributed by atoms with Gasteiger partial charge in [0.05, 0.1) is 0 Å². The van der Waals surface area contributed by atoms with Crippen molar-refractivity contribution in [1.82, 2.24) is 0 Å². The molecule has 0 radical (unpaired) electrons. The summed E-state index contributed by atoms with van der Waals surface area (Å²) >= 11 is 0. The van der Waals surface area contributed by atoms with E-state index in [1.54, 1.807) is 0 Å². The van der Waals surface area contributed by atoms with E-state index in [9.17, 15) is 19.8 Å². The van der Waals surface area contributed by atoms with Crippen LogP contribution in [0.3, 0.4) is 0 Å². The average molecular weight is 210 g/mol. The van der Waals surface area contributed by atoms with Crippen LogP contribution in [0.15, 0.2) is 11.6 Å². The predicted molar refractivity (Wildman–Crippen MR) is 49.1 cm³/mol. The Balaban J connectivity index is 2.87. The Labute approximate surface area is 88.6 Å². The minimum Gasteiger partial charge on any atom is -0.550 e. The summed E-state index contributed by atoms with van der Waals surface area (Å²) in [6, 6.07) is 0. The van der Waals surface area contributed by atoms with Crippen LogP contribution in [0.2, 0.25) is 0 Å². The molecule has 0 unspecified atom stereocenters. The Morgan fingerprint density at radius 2 is 1.80 bits per heavy atom.